The van der Waals surface area contributed by atoms with Gasteiger partial charge in [-0.15, -0.1) is 41.3 Å². The van der Waals surface area contributed by atoms with Crippen LogP contribution in [0.15, 0.2) is 116 Å². The van der Waals surface area contributed by atoms with Gasteiger partial charge < -0.3 is 19.2 Å². The number of aromatic nitrogens is 2. The first-order chi connectivity index (χ1) is 19.2. The molecule has 4 aromatic carbocycles. The zero-order chi connectivity index (χ0) is 26.3. The van der Waals surface area contributed by atoms with E-state index in [1.54, 1.807) is 6.20 Å². The fraction of sp³-hybridized carbons (Fsp3) is 0.0857. The first-order valence-electron chi connectivity index (χ1n) is 13.3. The summed E-state index contributed by atoms with van der Waals surface area (Å²) in [7, 11) is 0. The molecule has 0 atom stereocenters. The second-order valence-corrected chi connectivity index (χ2v) is 10.00. The quantitative estimate of drug-likeness (QED) is 0.174. The summed E-state index contributed by atoms with van der Waals surface area (Å²) in [4.78, 5) is 8.63. The third-order valence-electron chi connectivity index (χ3n) is 7.32. The van der Waals surface area contributed by atoms with Gasteiger partial charge in [-0.1, -0.05) is 59.6 Å². The number of anilines is 1. The Labute approximate surface area is 247 Å². The molecular formula is C35H27IrN4. The topological polar surface area (TPSA) is 23.8 Å². The Morgan fingerprint density at radius 3 is 2.17 bits per heavy atom. The van der Waals surface area contributed by atoms with E-state index in [9.17, 15) is 0 Å². The van der Waals surface area contributed by atoms with Crippen LogP contribution in [0.25, 0.3) is 49.4 Å². The summed E-state index contributed by atoms with van der Waals surface area (Å²) in [6, 6.07) is 40.3. The van der Waals surface area contributed by atoms with Gasteiger partial charge in [-0.3, -0.25) is 0 Å². The van der Waals surface area contributed by atoms with Gasteiger partial charge in [-0.2, -0.15) is 18.8 Å². The van der Waals surface area contributed by atoms with Gasteiger partial charge in [-0.05, 0) is 72.5 Å². The van der Waals surface area contributed by atoms with Gasteiger partial charge in [0, 0.05) is 17.2 Å². The molecule has 0 bridgehead atoms. The van der Waals surface area contributed by atoms with Gasteiger partial charge >= 0.3 is 20.1 Å². The van der Waals surface area contributed by atoms with Gasteiger partial charge in [0.15, 0.2) is 0 Å². The monoisotopic (exact) mass is 696 g/mol. The standard InChI is InChI=1S/C24H19N3.C11H8N.Ir/c1-16(2)25-13-14-26(15-25)22-12-11-18-17-7-3-5-9-20(17)27-21-10-6-4-8-19(21)23(22)24(18)27;1-2-6-10(7-3-1)11-8-4-5-9-12-11;/h3-11,13-16H,1-2H3;1-6,8-9H;/q-2;-1;+3. The number of para-hydroxylation sites is 2. The summed E-state index contributed by atoms with van der Waals surface area (Å²) in [6.45, 7) is 6.56. The van der Waals surface area contributed by atoms with E-state index in [4.69, 9.17) is 0 Å². The largest absolute Gasteiger partial charge is 3.00 e. The smallest absolute Gasteiger partial charge is 0.506 e. The molecule has 4 heterocycles. The molecule has 0 unspecified atom stereocenters. The van der Waals surface area contributed by atoms with Crippen molar-refractivity contribution in [1.29, 1.82) is 0 Å². The second kappa shape index (κ2) is 10.8. The SMILES string of the molecule is CC(C)N1C=CN(c2[c-]cc3c4ccccc4n4c5ccccc5c2c34)[CH-]1.[Ir+3].[c-]1ccccc1-c1ccccn1. The zero-order valence-corrected chi connectivity index (χ0v) is 24.6. The fourth-order valence-electron chi connectivity index (χ4n) is 5.45. The second-order valence-electron chi connectivity index (χ2n) is 10.00. The average Bonchev–Trinajstić information content (AvgIpc) is 3.71. The van der Waals surface area contributed by atoms with Crippen LogP contribution in [0.2, 0.25) is 0 Å². The summed E-state index contributed by atoms with van der Waals surface area (Å²) in [5, 5.41) is 5.10. The summed E-state index contributed by atoms with van der Waals surface area (Å²) in [6.07, 6.45) is 6.05. The van der Waals surface area contributed by atoms with E-state index in [1.165, 1.54) is 38.1 Å². The third kappa shape index (κ3) is 4.32. The molecule has 8 rings (SSSR count). The molecule has 0 amide bonds. The van der Waals surface area contributed by atoms with Crippen molar-refractivity contribution in [3.05, 3.63) is 134 Å². The van der Waals surface area contributed by atoms with Crippen LogP contribution >= 0.6 is 0 Å². The molecule has 196 valence electrons. The Kier molecular flexibility index (Phi) is 7.02. The minimum absolute atomic E-state index is 0. The van der Waals surface area contributed by atoms with Crippen molar-refractivity contribution in [3.8, 4) is 11.3 Å². The molecule has 0 N–H and O–H groups in total. The van der Waals surface area contributed by atoms with Crippen molar-refractivity contribution < 1.29 is 20.1 Å². The van der Waals surface area contributed by atoms with Gasteiger partial charge in [-0.25, -0.2) is 0 Å². The van der Waals surface area contributed by atoms with Gasteiger partial charge in [0.1, 0.15) is 0 Å². The molecule has 7 aromatic rings. The predicted octanol–water partition coefficient (Wildman–Crippen LogP) is 8.30. The minimum atomic E-state index is 0. The van der Waals surface area contributed by atoms with Crippen molar-refractivity contribution in [2.24, 2.45) is 0 Å². The summed E-state index contributed by atoms with van der Waals surface area (Å²) < 4.78 is 2.41. The molecule has 0 fully saturated rings. The normalized spacial score (nSPS) is 13.0. The van der Waals surface area contributed by atoms with Crippen LogP contribution in [0.1, 0.15) is 13.8 Å². The van der Waals surface area contributed by atoms with E-state index < -0.39 is 0 Å². The third-order valence-corrected chi connectivity index (χ3v) is 7.32. The van der Waals surface area contributed by atoms with Crippen LogP contribution in [0.5, 0.6) is 0 Å². The Hall–Kier alpha value is -4.18. The van der Waals surface area contributed by atoms with Gasteiger partial charge in [0.05, 0.1) is 0 Å². The Morgan fingerprint density at radius 1 is 0.750 bits per heavy atom. The predicted molar refractivity (Wildman–Crippen MR) is 161 cm³/mol. The van der Waals surface area contributed by atoms with Crippen molar-refractivity contribution in [2.45, 2.75) is 19.9 Å². The van der Waals surface area contributed by atoms with E-state index in [0.29, 0.717) is 6.04 Å². The number of nitrogens with zero attached hydrogens (tertiary/aromatic N) is 4. The van der Waals surface area contributed by atoms with Crippen molar-refractivity contribution in [3.63, 3.8) is 0 Å². The first kappa shape index (κ1) is 26.1. The average molecular weight is 696 g/mol. The van der Waals surface area contributed by atoms with Gasteiger partial charge in [0.2, 0.25) is 0 Å². The molecule has 5 heteroatoms. The van der Waals surface area contributed by atoms with Crippen molar-refractivity contribution >= 4 is 43.8 Å². The van der Waals surface area contributed by atoms with E-state index in [2.05, 4.69) is 119 Å². The van der Waals surface area contributed by atoms with Gasteiger partial charge in [0.25, 0.3) is 0 Å². The molecule has 1 aliphatic heterocycles. The molecule has 0 aliphatic carbocycles. The number of benzene rings is 4. The Balaban J connectivity index is 0.000000188. The van der Waals surface area contributed by atoms with Crippen LogP contribution in [0.4, 0.5) is 5.69 Å². The Bertz CT molecular complexity index is 1890. The molecule has 40 heavy (non-hydrogen) atoms. The summed E-state index contributed by atoms with van der Waals surface area (Å²) >= 11 is 0. The van der Waals surface area contributed by atoms with Crippen LogP contribution in [0, 0.1) is 18.8 Å². The molecule has 0 spiro atoms. The van der Waals surface area contributed by atoms with Crippen LogP contribution in [0.3, 0.4) is 0 Å². The minimum Gasteiger partial charge on any atom is -0.506 e. The van der Waals surface area contributed by atoms with Crippen molar-refractivity contribution in [1.82, 2.24) is 14.3 Å². The molecule has 0 radical (unpaired) electrons. The van der Waals surface area contributed by atoms with Crippen LogP contribution in [-0.4, -0.2) is 20.3 Å². The van der Waals surface area contributed by atoms with Crippen LogP contribution < -0.4 is 4.90 Å². The molecule has 0 saturated heterocycles. The molecule has 3 aromatic heterocycles. The number of fused-ring (bicyclic) bond motifs is 6. The van der Waals surface area contributed by atoms with E-state index in [0.717, 1.165) is 16.9 Å². The van der Waals surface area contributed by atoms with Crippen LogP contribution in [-0.2, 0) is 20.1 Å². The molecule has 4 nitrogen and oxygen atoms in total. The summed E-state index contributed by atoms with van der Waals surface area (Å²) in [5.74, 6) is 0. The number of hydrogen-bond acceptors (Lipinski definition) is 3. The maximum atomic E-state index is 4.22. The zero-order valence-electron chi connectivity index (χ0n) is 22.2. The Morgan fingerprint density at radius 2 is 1.48 bits per heavy atom. The summed E-state index contributed by atoms with van der Waals surface area (Å²) in [5.41, 5.74) is 6.92. The number of pyridine rings is 1. The molecule has 1 aliphatic rings. The molecule has 0 saturated carbocycles. The van der Waals surface area contributed by atoms with E-state index in [1.807, 2.05) is 42.5 Å². The van der Waals surface area contributed by atoms with E-state index >= 15 is 0 Å². The number of rotatable bonds is 3. The van der Waals surface area contributed by atoms with E-state index in [-0.39, 0.29) is 20.1 Å². The first-order valence-corrected chi connectivity index (χ1v) is 13.3. The maximum Gasteiger partial charge on any atom is 3.00 e. The van der Waals surface area contributed by atoms with Crippen molar-refractivity contribution in [2.75, 3.05) is 4.90 Å². The fourth-order valence-corrected chi connectivity index (χ4v) is 5.45. The molecular weight excluding hydrogens is 669 g/mol. The maximum absolute atomic E-state index is 4.22. The number of hydrogen-bond donors (Lipinski definition) is 0.